The molecular formula is C29H32O3. The van der Waals surface area contributed by atoms with Gasteiger partial charge in [-0.2, -0.15) is 0 Å². The Hall–Kier alpha value is -2.44. The van der Waals surface area contributed by atoms with E-state index in [9.17, 15) is 14.7 Å². The van der Waals surface area contributed by atoms with E-state index in [0.29, 0.717) is 24.7 Å². The molecule has 3 heteroatoms. The Morgan fingerprint density at radius 1 is 1.19 bits per heavy atom. The number of benzene rings is 1. The van der Waals surface area contributed by atoms with Gasteiger partial charge in [0.15, 0.2) is 11.6 Å². The number of hydrogen-bond acceptors (Lipinski definition) is 3. The van der Waals surface area contributed by atoms with Crippen molar-refractivity contribution in [2.75, 3.05) is 0 Å². The third-order valence-corrected chi connectivity index (χ3v) is 9.17. The summed E-state index contributed by atoms with van der Waals surface area (Å²) in [5.74, 6) is 4.08. The molecule has 5 atom stereocenters. The lowest BCUT2D eigenvalue weighted by atomic mass is 9.51. The van der Waals surface area contributed by atoms with Gasteiger partial charge in [0.2, 0.25) is 0 Å². The van der Waals surface area contributed by atoms with Crippen LogP contribution in [0.25, 0.3) is 0 Å². The van der Waals surface area contributed by atoms with E-state index >= 15 is 0 Å². The molecule has 32 heavy (non-hydrogen) atoms. The van der Waals surface area contributed by atoms with Gasteiger partial charge in [-0.3, -0.25) is 9.59 Å². The fourth-order valence-electron chi connectivity index (χ4n) is 7.46. The lowest BCUT2D eigenvalue weighted by molar-refractivity contribution is -0.114. The van der Waals surface area contributed by atoms with Gasteiger partial charge in [0.25, 0.3) is 0 Å². The summed E-state index contributed by atoms with van der Waals surface area (Å²) in [6.45, 7) is 3.85. The summed E-state index contributed by atoms with van der Waals surface area (Å²) in [7, 11) is 0. The van der Waals surface area contributed by atoms with E-state index in [-0.39, 0.29) is 22.9 Å². The molecule has 0 heterocycles. The van der Waals surface area contributed by atoms with Gasteiger partial charge in [-0.15, -0.1) is 12.3 Å². The number of terminal acetylenes is 1. The van der Waals surface area contributed by atoms with E-state index < -0.39 is 5.60 Å². The Labute approximate surface area is 191 Å². The van der Waals surface area contributed by atoms with E-state index in [0.717, 1.165) is 44.1 Å². The van der Waals surface area contributed by atoms with Crippen LogP contribution >= 0.6 is 0 Å². The Bertz CT molecular complexity index is 1080. The van der Waals surface area contributed by atoms with Crippen LogP contribution in [0.2, 0.25) is 0 Å². The largest absolute Gasteiger partial charge is 0.388 e. The molecule has 3 nitrogen and oxygen atoms in total. The second kappa shape index (κ2) is 7.56. The van der Waals surface area contributed by atoms with Crippen molar-refractivity contribution < 1.29 is 14.7 Å². The van der Waals surface area contributed by atoms with Crippen LogP contribution < -0.4 is 0 Å². The number of fused-ring (bicyclic) bond motifs is 4. The molecule has 0 saturated heterocycles. The highest BCUT2D eigenvalue weighted by molar-refractivity contribution is 5.94. The average molecular weight is 429 g/mol. The van der Waals surface area contributed by atoms with Gasteiger partial charge >= 0.3 is 0 Å². The van der Waals surface area contributed by atoms with Crippen molar-refractivity contribution in [1.29, 1.82) is 0 Å². The van der Waals surface area contributed by atoms with Crippen molar-refractivity contribution in [3.05, 3.63) is 58.2 Å². The van der Waals surface area contributed by atoms with Crippen LogP contribution in [-0.4, -0.2) is 22.3 Å². The summed E-state index contributed by atoms with van der Waals surface area (Å²) in [4.78, 5) is 24.0. The molecule has 0 amide bonds. The molecule has 4 aliphatic rings. The maximum absolute atomic E-state index is 12.1. The van der Waals surface area contributed by atoms with Gasteiger partial charge in [0.1, 0.15) is 0 Å². The summed E-state index contributed by atoms with van der Waals surface area (Å²) < 4.78 is 0. The molecule has 0 unspecified atom stereocenters. The van der Waals surface area contributed by atoms with Crippen molar-refractivity contribution >= 4 is 11.6 Å². The summed E-state index contributed by atoms with van der Waals surface area (Å²) in [6.07, 6.45) is 14.0. The molecule has 1 aromatic carbocycles. The molecule has 0 aliphatic heterocycles. The molecule has 166 valence electrons. The third kappa shape index (κ3) is 3.07. The number of allylic oxidation sites excluding steroid dienone is 4. The smallest absolute Gasteiger partial charge is 0.159 e. The number of rotatable bonds is 3. The number of hydrogen-bond donors (Lipinski definition) is 1. The van der Waals surface area contributed by atoms with Crippen LogP contribution in [0.4, 0.5) is 0 Å². The number of aliphatic hydroxyl groups is 1. The first kappa shape index (κ1) is 21.4. The van der Waals surface area contributed by atoms with Gasteiger partial charge in [0.05, 0.1) is 5.60 Å². The SMILES string of the molecule is C#CC[C@@]1(O)CC[C@@H]2[C@@H]3CCC4=CC(=O)CCC4=C3[C@@H](c3ccc(C(C)=O)cc3)C[C@@]21C. The van der Waals surface area contributed by atoms with Gasteiger partial charge in [0, 0.05) is 29.7 Å². The highest BCUT2D eigenvalue weighted by atomic mass is 16.3. The van der Waals surface area contributed by atoms with Crippen LogP contribution in [0.15, 0.2) is 47.1 Å². The minimum atomic E-state index is -0.834. The van der Waals surface area contributed by atoms with Crippen LogP contribution in [0.1, 0.15) is 87.1 Å². The summed E-state index contributed by atoms with van der Waals surface area (Å²) >= 11 is 0. The number of carbonyl (C=O) groups excluding carboxylic acids is 2. The molecule has 5 rings (SSSR count). The van der Waals surface area contributed by atoms with Crippen molar-refractivity contribution in [3.8, 4) is 12.3 Å². The van der Waals surface area contributed by atoms with Gasteiger partial charge in [-0.25, -0.2) is 0 Å². The van der Waals surface area contributed by atoms with Crippen molar-refractivity contribution in [2.24, 2.45) is 17.3 Å². The summed E-state index contributed by atoms with van der Waals surface area (Å²) in [6, 6.07) is 8.05. The fraction of sp³-hybridized carbons (Fsp3) is 0.517. The first-order chi connectivity index (χ1) is 15.3. The zero-order valence-corrected chi connectivity index (χ0v) is 19.1. The molecular weight excluding hydrogens is 396 g/mol. The van der Waals surface area contributed by atoms with E-state index in [2.05, 4.69) is 25.0 Å². The molecule has 4 aliphatic carbocycles. The first-order valence-electron chi connectivity index (χ1n) is 12.0. The number of Topliss-reactive ketones (excluding diaryl/α,β-unsaturated/α-hetero) is 1. The highest BCUT2D eigenvalue weighted by Gasteiger charge is 2.62. The Balaban J connectivity index is 1.66. The monoisotopic (exact) mass is 428 g/mol. The molecule has 2 saturated carbocycles. The van der Waals surface area contributed by atoms with Crippen LogP contribution in [0.5, 0.6) is 0 Å². The number of carbonyl (C=O) groups is 2. The minimum Gasteiger partial charge on any atom is -0.388 e. The molecule has 0 radical (unpaired) electrons. The second-order valence-electron chi connectivity index (χ2n) is 10.6. The van der Waals surface area contributed by atoms with E-state index in [1.165, 1.54) is 22.3 Å². The normalized spacial score (nSPS) is 36.0. The van der Waals surface area contributed by atoms with Gasteiger partial charge in [-0.05, 0) is 80.1 Å². The minimum absolute atomic E-state index is 0.0694. The molecule has 0 aromatic heterocycles. The van der Waals surface area contributed by atoms with Crippen LogP contribution in [0.3, 0.4) is 0 Å². The lowest BCUT2D eigenvalue weighted by Gasteiger charge is -2.54. The zero-order chi connectivity index (χ0) is 22.7. The van der Waals surface area contributed by atoms with E-state index in [4.69, 9.17) is 6.42 Å². The van der Waals surface area contributed by atoms with Crippen LogP contribution in [0, 0.1) is 29.6 Å². The van der Waals surface area contributed by atoms with E-state index in [1.54, 1.807) is 6.92 Å². The molecule has 1 aromatic rings. The number of ketones is 2. The lowest BCUT2D eigenvalue weighted by Crippen LogP contribution is -2.51. The molecule has 1 N–H and O–H groups in total. The Morgan fingerprint density at radius 2 is 1.94 bits per heavy atom. The van der Waals surface area contributed by atoms with Crippen LogP contribution in [-0.2, 0) is 4.79 Å². The predicted molar refractivity (Wildman–Crippen MR) is 125 cm³/mol. The van der Waals surface area contributed by atoms with Gasteiger partial charge in [-0.1, -0.05) is 36.8 Å². The summed E-state index contributed by atoms with van der Waals surface area (Å²) in [5.41, 5.74) is 4.98. The zero-order valence-electron chi connectivity index (χ0n) is 19.1. The van der Waals surface area contributed by atoms with Crippen molar-refractivity contribution in [1.82, 2.24) is 0 Å². The second-order valence-corrected chi connectivity index (χ2v) is 10.6. The average Bonchev–Trinajstić information content (AvgIpc) is 3.03. The topological polar surface area (TPSA) is 54.4 Å². The van der Waals surface area contributed by atoms with E-state index in [1.807, 2.05) is 18.2 Å². The molecule has 0 spiro atoms. The van der Waals surface area contributed by atoms with Crippen molar-refractivity contribution in [2.45, 2.75) is 76.7 Å². The maximum atomic E-state index is 12.1. The Morgan fingerprint density at radius 3 is 2.62 bits per heavy atom. The quantitative estimate of drug-likeness (QED) is 0.508. The Kier molecular flexibility index (Phi) is 5.06. The fourth-order valence-corrected chi connectivity index (χ4v) is 7.46. The first-order valence-corrected chi connectivity index (χ1v) is 12.0. The highest BCUT2D eigenvalue weighted by Crippen LogP contribution is 2.67. The predicted octanol–water partition coefficient (Wildman–Crippen LogP) is 5.54. The van der Waals surface area contributed by atoms with Crippen molar-refractivity contribution in [3.63, 3.8) is 0 Å². The third-order valence-electron chi connectivity index (χ3n) is 9.17. The summed E-state index contributed by atoms with van der Waals surface area (Å²) in [5, 5.41) is 11.7. The molecule has 0 bridgehead atoms. The maximum Gasteiger partial charge on any atom is 0.159 e. The molecule has 2 fully saturated rings. The van der Waals surface area contributed by atoms with Gasteiger partial charge < -0.3 is 5.11 Å². The standard InChI is InChI=1S/C29H32O3/c1-4-14-29(32)15-13-26-24-11-9-21-16-22(31)10-12-23(21)27(24)25(17-28(26,29)3)20-7-5-19(6-8-20)18(2)30/h1,5-8,16,24-26,32H,9-15,17H2,2-3H3/t24-,25+,26+,28-,29+/m0/s1.